The van der Waals surface area contributed by atoms with Crippen LogP contribution in [-0.2, 0) is 4.79 Å². The number of rotatable bonds is 9. The second kappa shape index (κ2) is 12.7. The summed E-state index contributed by atoms with van der Waals surface area (Å²) in [6.07, 6.45) is 8.92. The summed E-state index contributed by atoms with van der Waals surface area (Å²) in [5, 5.41) is 3.11. The van der Waals surface area contributed by atoms with Crippen LogP contribution >= 0.6 is 12.4 Å². The Morgan fingerprint density at radius 3 is 2.57 bits per heavy atom. The maximum Gasteiger partial charge on any atom is 0.244 e. The average molecular weight is 411 g/mol. The van der Waals surface area contributed by atoms with Crippen LogP contribution in [0.2, 0.25) is 0 Å². The van der Waals surface area contributed by atoms with Crippen molar-refractivity contribution in [2.75, 3.05) is 34.4 Å². The molecule has 1 aromatic carbocycles. The molecule has 1 N–H and O–H groups in total. The van der Waals surface area contributed by atoms with Crippen molar-refractivity contribution in [1.29, 1.82) is 0 Å². The minimum absolute atomic E-state index is 0. The summed E-state index contributed by atoms with van der Waals surface area (Å²) in [6, 6.07) is 6.04. The lowest BCUT2D eigenvalue weighted by atomic mass is 9.87. The molecule has 1 amide bonds. The third-order valence-electron chi connectivity index (χ3n) is 4.98. The van der Waals surface area contributed by atoms with E-state index in [4.69, 9.17) is 9.47 Å². The highest BCUT2D eigenvalue weighted by molar-refractivity contribution is 5.92. The quantitative estimate of drug-likeness (QED) is 0.490. The number of methoxy groups -OCH3 is 1. The Bertz CT molecular complexity index is 626. The van der Waals surface area contributed by atoms with E-state index >= 15 is 0 Å². The second-order valence-electron chi connectivity index (χ2n) is 7.71. The highest BCUT2D eigenvalue weighted by atomic mass is 35.5. The number of hydrogen-bond acceptors (Lipinski definition) is 4. The first-order valence-corrected chi connectivity index (χ1v) is 9.92. The van der Waals surface area contributed by atoms with Crippen LogP contribution in [0, 0.1) is 5.92 Å². The minimum atomic E-state index is -0.0301. The van der Waals surface area contributed by atoms with Gasteiger partial charge in [0, 0.05) is 18.7 Å². The molecule has 0 bridgehead atoms. The predicted molar refractivity (Wildman–Crippen MR) is 118 cm³/mol. The molecule has 1 fully saturated rings. The van der Waals surface area contributed by atoms with Gasteiger partial charge in [0.05, 0.1) is 13.7 Å². The molecule has 1 saturated carbocycles. The van der Waals surface area contributed by atoms with E-state index in [1.807, 2.05) is 38.4 Å². The van der Waals surface area contributed by atoms with Crippen molar-refractivity contribution < 1.29 is 14.3 Å². The van der Waals surface area contributed by atoms with Crippen molar-refractivity contribution in [2.24, 2.45) is 5.92 Å². The third-order valence-corrected chi connectivity index (χ3v) is 4.98. The Hall–Kier alpha value is -1.72. The van der Waals surface area contributed by atoms with Gasteiger partial charge in [-0.25, -0.2) is 0 Å². The fraction of sp³-hybridized carbons (Fsp3) is 0.591. The monoisotopic (exact) mass is 410 g/mol. The predicted octanol–water partition coefficient (Wildman–Crippen LogP) is 4.16. The summed E-state index contributed by atoms with van der Waals surface area (Å²) in [4.78, 5) is 14.3. The van der Waals surface area contributed by atoms with Gasteiger partial charge in [-0.3, -0.25) is 4.79 Å². The highest BCUT2D eigenvalue weighted by Gasteiger charge is 2.18. The van der Waals surface area contributed by atoms with Crippen LogP contribution in [0.25, 0.3) is 6.08 Å². The summed E-state index contributed by atoms with van der Waals surface area (Å²) >= 11 is 0. The number of hydrogen-bond donors (Lipinski definition) is 1. The Labute approximate surface area is 175 Å². The Kier molecular flexibility index (Phi) is 11.0. The molecule has 0 aliphatic heterocycles. The number of nitrogens with one attached hydrogen (secondary N) is 1. The standard InChI is InChI=1S/C22H34N2O3.ClH/c1-17-6-10-19(11-7-17)23-22(25)13-9-18-8-12-20(21(16-18)26-4)27-15-5-14-24(2)3;/h8-9,12-13,16-17,19H,5-7,10-11,14-15H2,1-4H3,(H,23,25);1H. The topological polar surface area (TPSA) is 50.8 Å². The van der Waals surface area contributed by atoms with Crippen molar-refractivity contribution in [1.82, 2.24) is 10.2 Å². The summed E-state index contributed by atoms with van der Waals surface area (Å²) in [5.41, 5.74) is 0.917. The number of ether oxygens (including phenoxy) is 2. The molecule has 0 spiro atoms. The van der Waals surface area contributed by atoms with Crippen LogP contribution < -0.4 is 14.8 Å². The van der Waals surface area contributed by atoms with E-state index in [0.29, 0.717) is 18.4 Å². The third kappa shape index (κ3) is 8.53. The van der Waals surface area contributed by atoms with E-state index in [2.05, 4.69) is 17.1 Å². The lowest BCUT2D eigenvalue weighted by Crippen LogP contribution is -2.36. The molecule has 0 unspecified atom stereocenters. The maximum absolute atomic E-state index is 12.2. The van der Waals surface area contributed by atoms with Gasteiger partial charge >= 0.3 is 0 Å². The van der Waals surface area contributed by atoms with Crippen LogP contribution in [0.5, 0.6) is 11.5 Å². The SMILES string of the molecule is COc1cc(C=CC(=O)NC2CCC(C)CC2)ccc1OCCCN(C)C.Cl. The molecular weight excluding hydrogens is 376 g/mol. The molecule has 1 aromatic rings. The number of nitrogens with zero attached hydrogens (tertiary/aromatic N) is 1. The number of halogens is 1. The summed E-state index contributed by atoms with van der Waals surface area (Å²) < 4.78 is 11.2. The Balaban J connectivity index is 0.00000392. The van der Waals surface area contributed by atoms with E-state index in [0.717, 1.165) is 43.0 Å². The van der Waals surface area contributed by atoms with Crippen molar-refractivity contribution in [3.63, 3.8) is 0 Å². The number of benzene rings is 1. The first-order chi connectivity index (χ1) is 13.0. The molecule has 1 aliphatic carbocycles. The smallest absolute Gasteiger partial charge is 0.244 e. The van der Waals surface area contributed by atoms with Crippen molar-refractivity contribution in [3.05, 3.63) is 29.8 Å². The summed E-state index contributed by atoms with van der Waals surface area (Å²) in [6.45, 7) is 3.91. The largest absolute Gasteiger partial charge is 0.493 e. The van der Waals surface area contributed by atoms with E-state index < -0.39 is 0 Å². The van der Waals surface area contributed by atoms with Gasteiger partial charge < -0.3 is 19.7 Å². The molecule has 0 atom stereocenters. The molecular formula is C22H35ClN2O3. The van der Waals surface area contributed by atoms with Crippen LogP contribution in [0.4, 0.5) is 0 Å². The highest BCUT2D eigenvalue weighted by Crippen LogP contribution is 2.28. The lowest BCUT2D eigenvalue weighted by molar-refractivity contribution is -0.117. The maximum atomic E-state index is 12.2. The van der Waals surface area contributed by atoms with Crippen molar-refractivity contribution in [3.8, 4) is 11.5 Å². The molecule has 5 nitrogen and oxygen atoms in total. The van der Waals surface area contributed by atoms with Gasteiger partial charge in [-0.2, -0.15) is 0 Å². The molecule has 158 valence electrons. The average Bonchev–Trinajstić information content (AvgIpc) is 2.65. The molecule has 2 rings (SSSR count). The van der Waals surface area contributed by atoms with E-state index in [9.17, 15) is 4.79 Å². The number of amides is 1. The molecule has 0 saturated heterocycles. The molecule has 1 aliphatic rings. The van der Waals surface area contributed by atoms with Crippen molar-refractivity contribution in [2.45, 2.75) is 45.1 Å². The number of carbonyl (C=O) groups excluding carboxylic acids is 1. The molecule has 0 radical (unpaired) electrons. The van der Waals surface area contributed by atoms with Gasteiger partial charge in [0.2, 0.25) is 5.91 Å². The minimum Gasteiger partial charge on any atom is -0.493 e. The van der Waals surface area contributed by atoms with E-state index in [-0.39, 0.29) is 18.3 Å². The molecule has 6 heteroatoms. The van der Waals surface area contributed by atoms with Gasteiger partial charge in [-0.1, -0.05) is 13.0 Å². The Morgan fingerprint density at radius 2 is 1.93 bits per heavy atom. The first kappa shape index (κ1) is 24.3. The number of carbonyl (C=O) groups is 1. The van der Waals surface area contributed by atoms with Gasteiger partial charge in [0.1, 0.15) is 0 Å². The summed E-state index contributed by atoms with van der Waals surface area (Å²) in [7, 11) is 5.73. The molecule has 28 heavy (non-hydrogen) atoms. The van der Waals surface area contributed by atoms with Crippen LogP contribution in [0.15, 0.2) is 24.3 Å². The Morgan fingerprint density at radius 1 is 1.21 bits per heavy atom. The van der Waals surface area contributed by atoms with Crippen LogP contribution in [-0.4, -0.2) is 51.2 Å². The van der Waals surface area contributed by atoms with Crippen molar-refractivity contribution >= 4 is 24.4 Å². The fourth-order valence-corrected chi connectivity index (χ4v) is 3.30. The van der Waals surface area contributed by atoms with Gasteiger partial charge in [0.15, 0.2) is 11.5 Å². The van der Waals surface area contributed by atoms with Gasteiger partial charge in [-0.15, -0.1) is 12.4 Å². The van der Waals surface area contributed by atoms with Crippen LogP contribution in [0.1, 0.15) is 44.6 Å². The second-order valence-corrected chi connectivity index (χ2v) is 7.71. The molecule has 0 heterocycles. The van der Waals surface area contributed by atoms with Gasteiger partial charge in [0.25, 0.3) is 0 Å². The fourth-order valence-electron chi connectivity index (χ4n) is 3.30. The lowest BCUT2D eigenvalue weighted by Gasteiger charge is -2.26. The zero-order chi connectivity index (χ0) is 19.6. The zero-order valence-electron chi connectivity index (χ0n) is 17.6. The first-order valence-electron chi connectivity index (χ1n) is 9.92. The normalized spacial score (nSPS) is 19.3. The van der Waals surface area contributed by atoms with Gasteiger partial charge in [-0.05, 0) is 75.9 Å². The zero-order valence-corrected chi connectivity index (χ0v) is 18.4. The molecule has 0 aromatic heterocycles. The van der Waals surface area contributed by atoms with E-state index in [1.54, 1.807) is 13.2 Å². The summed E-state index contributed by atoms with van der Waals surface area (Å²) in [5.74, 6) is 2.17. The van der Waals surface area contributed by atoms with Crippen LogP contribution in [0.3, 0.4) is 0 Å². The van der Waals surface area contributed by atoms with E-state index in [1.165, 1.54) is 12.8 Å².